The maximum Gasteiger partial charge on any atom is 0.419 e. The van der Waals surface area contributed by atoms with Crippen molar-refractivity contribution >= 4 is 17.4 Å². The highest BCUT2D eigenvalue weighted by atomic mass is 16.6. The van der Waals surface area contributed by atoms with Crippen LogP contribution in [0, 0.1) is 0 Å². The number of anilines is 1. The van der Waals surface area contributed by atoms with Crippen molar-refractivity contribution in [2.45, 2.75) is 40.2 Å². The van der Waals surface area contributed by atoms with Gasteiger partial charge in [-0.2, -0.15) is 0 Å². The van der Waals surface area contributed by atoms with E-state index in [1.54, 1.807) is 6.92 Å². The SMILES string of the molecule is C=C(C)c1ccccc1N(C(=C)C)C(=O)OC(C)(C)C. The Morgan fingerprint density at radius 2 is 1.70 bits per heavy atom. The van der Waals surface area contributed by atoms with Gasteiger partial charge in [0.25, 0.3) is 0 Å². The number of allylic oxidation sites excluding steroid dienone is 2. The van der Waals surface area contributed by atoms with Gasteiger partial charge in [-0.3, -0.25) is 4.90 Å². The lowest BCUT2D eigenvalue weighted by atomic mass is 10.1. The van der Waals surface area contributed by atoms with Crippen LogP contribution in [0.25, 0.3) is 5.57 Å². The van der Waals surface area contributed by atoms with Crippen molar-refractivity contribution in [1.82, 2.24) is 0 Å². The highest BCUT2D eigenvalue weighted by Gasteiger charge is 2.25. The summed E-state index contributed by atoms with van der Waals surface area (Å²) in [7, 11) is 0. The molecule has 0 unspecified atom stereocenters. The molecule has 0 aliphatic heterocycles. The first-order valence-electron chi connectivity index (χ1n) is 6.57. The highest BCUT2D eigenvalue weighted by Crippen LogP contribution is 2.29. The molecular formula is C17H23NO2. The van der Waals surface area contributed by atoms with Gasteiger partial charge >= 0.3 is 6.09 Å². The smallest absolute Gasteiger partial charge is 0.419 e. The molecule has 0 fully saturated rings. The standard InChI is InChI=1S/C17H23NO2/c1-12(2)14-10-8-9-11-15(14)18(13(3)4)16(19)20-17(5,6)7/h8-11H,1,3H2,2,4-7H3. The average molecular weight is 273 g/mol. The van der Waals surface area contributed by atoms with Gasteiger partial charge in [-0.1, -0.05) is 31.4 Å². The molecule has 0 aromatic heterocycles. The molecule has 1 aromatic rings. The molecular weight excluding hydrogens is 250 g/mol. The number of para-hydroxylation sites is 1. The van der Waals surface area contributed by atoms with Crippen molar-refractivity contribution in [1.29, 1.82) is 0 Å². The van der Waals surface area contributed by atoms with E-state index in [1.165, 1.54) is 4.90 Å². The number of hydrogen-bond acceptors (Lipinski definition) is 2. The third-order valence-electron chi connectivity index (χ3n) is 2.56. The predicted octanol–water partition coefficient (Wildman–Crippen LogP) is 4.99. The molecule has 1 aromatic carbocycles. The van der Waals surface area contributed by atoms with E-state index in [4.69, 9.17) is 4.74 Å². The minimum atomic E-state index is -0.553. The zero-order valence-electron chi connectivity index (χ0n) is 13.0. The topological polar surface area (TPSA) is 29.5 Å². The summed E-state index contributed by atoms with van der Waals surface area (Å²) in [4.78, 5) is 13.9. The first-order valence-corrected chi connectivity index (χ1v) is 6.57. The van der Waals surface area contributed by atoms with Crippen molar-refractivity contribution < 1.29 is 9.53 Å². The fraction of sp³-hybridized carbons (Fsp3) is 0.353. The van der Waals surface area contributed by atoms with Crippen LogP contribution in [0.3, 0.4) is 0 Å². The summed E-state index contributed by atoms with van der Waals surface area (Å²) in [6.45, 7) is 17.0. The summed E-state index contributed by atoms with van der Waals surface area (Å²) >= 11 is 0. The van der Waals surface area contributed by atoms with Crippen LogP contribution in [0.1, 0.15) is 40.2 Å². The lowest BCUT2D eigenvalue weighted by Crippen LogP contribution is -2.36. The van der Waals surface area contributed by atoms with Gasteiger partial charge in [0.2, 0.25) is 0 Å². The summed E-state index contributed by atoms with van der Waals surface area (Å²) in [6.07, 6.45) is -0.432. The van der Waals surface area contributed by atoms with E-state index in [-0.39, 0.29) is 0 Å². The Bertz CT molecular complexity index is 538. The van der Waals surface area contributed by atoms with Gasteiger partial charge in [0.1, 0.15) is 5.60 Å². The summed E-state index contributed by atoms with van der Waals surface area (Å²) in [5.41, 5.74) is 2.58. The van der Waals surface area contributed by atoms with Gasteiger partial charge in [0.15, 0.2) is 0 Å². The monoisotopic (exact) mass is 273 g/mol. The molecule has 1 amide bonds. The molecule has 1 rings (SSSR count). The molecule has 0 N–H and O–H groups in total. The molecule has 0 bridgehead atoms. The molecule has 3 nitrogen and oxygen atoms in total. The summed E-state index contributed by atoms with van der Waals surface area (Å²) in [5, 5.41) is 0. The third kappa shape index (κ3) is 3.98. The number of carbonyl (C=O) groups excluding carboxylic acids is 1. The fourth-order valence-electron chi connectivity index (χ4n) is 1.80. The maximum atomic E-state index is 12.4. The highest BCUT2D eigenvalue weighted by molar-refractivity contribution is 5.94. The number of carbonyl (C=O) groups is 1. The van der Waals surface area contributed by atoms with Crippen LogP contribution in [0.4, 0.5) is 10.5 Å². The number of rotatable bonds is 3. The first kappa shape index (κ1) is 16.0. The number of benzene rings is 1. The second kappa shape index (κ2) is 5.95. The molecule has 0 saturated heterocycles. The van der Waals surface area contributed by atoms with E-state index in [1.807, 2.05) is 52.0 Å². The summed E-state index contributed by atoms with van der Waals surface area (Å²) < 4.78 is 5.45. The Balaban J connectivity index is 3.26. The number of ether oxygens (including phenoxy) is 1. The van der Waals surface area contributed by atoms with Gasteiger partial charge in [-0.05, 0) is 46.3 Å². The number of amides is 1. The van der Waals surface area contributed by atoms with Crippen LogP contribution in [0.15, 0.2) is 43.1 Å². The van der Waals surface area contributed by atoms with E-state index in [0.29, 0.717) is 5.70 Å². The zero-order valence-corrected chi connectivity index (χ0v) is 13.0. The van der Waals surface area contributed by atoms with Crippen molar-refractivity contribution in [2.24, 2.45) is 0 Å². The van der Waals surface area contributed by atoms with E-state index in [9.17, 15) is 4.79 Å². The molecule has 20 heavy (non-hydrogen) atoms. The Hall–Kier alpha value is -2.03. The second-order valence-corrected chi connectivity index (χ2v) is 5.85. The van der Waals surface area contributed by atoms with Gasteiger partial charge in [-0.25, -0.2) is 4.79 Å². The summed E-state index contributed by atoms with van der Waals surface area (Å²) in [5.74, 6) is 0. The predicted molar refractivity (Wildman–Crippen MR) is 84.7 cm³/mol. The van der Waals surface area contributed by atoms with E-state index in [0.717, 1.165) is 16.8 Å². The fourth-order valence-corrected chi connectivity index (χ4v) is 1.80. The zero-order chi connectivity index (χ0) is 15.5. The normalized spacial score (nSPS) is 10.8. The van der Waals surface area contributed by atoms with Crippen LogP contribution in [0.2, 0.25) is 0 Å². The van der Waals surface area contributed by atoms with Gasteiger partial charge in [0.05, 0.1) is 5.69 Å². The van der Waals surface area contributed by atoms with Crippen LogP contribution in [-0.2, 0) is 4.74 Å². The minimum Gasteiger partial charge on any atom is -0.443 e. The van der Waals surface area contributed by atoms with E-state index < -0.39 is 11.7 Å². The van der Waals surface area contributed by atoms with Crippen LogP contribution >= 0.6 is 0 Å². The van der Waals surface area contributed by atoms with Crippen LogP contribution < -0.4 is 4.90 Å². The largest absolute Gasteiger partial charge is 0.443 e. The summed E-state index contributed by atoms with van der Waals surface area (Å²) in [6, 6.07) is 7.59. The number of nitrogens with zero attached hydrogens (tertiary/aromatic N) is 1. The molecule has 0 radical (unpaired) electrons. The first-order chi connectivity index (χ1) is 9.13. The maximum absolute atomic E-state index is 12.4. The molecule has 0 spiro atoms. The molecule has 0 aliphatic rings. The molecule has 0 saturated carbocycles. The van der Waals surface area contributed by atoms with Gasteiger partial charge in [0, 0.05) is 11.3 Å². The molecule has 0 heterocycles. The van der Waals surface area contributed by atoms with Gasteiger partial charge in [-0.15, -0.1) is 0 Å². The van der Waals surface area contributed by atoms with Crippen molar-refractivity contribution in [3.8, 4) is 0 Å². The van der Waals surface area contributed by atoms with Crippen molar-refractivity contribution in [2.75, 3.05) is 4.90 Å². The Morgan fingerprint density at radius 3 is 2.15 bits per heavy atom. The third-order valence-corrected chi connectivity index (χ3v) is 2.56. The Kier molecular flexibility index (Phi) is 4.77. The lowest BCUT2D eigenvalue weighted by Gasteiger charge is -2.29. The van der Waals surface area contributed by atoms with Crippen LogP contribution in [0.5, 0.6) is 0 Å². The molecule has 0 aliphatic carbocycles. The van der Waals surface area contributed by atoms with Crippen LogP contribution in [-0.4, -0.2) is 11.7 Å². The van der Waals surface area contributed by atoms with Gasteiger partial charge < -0.3 is 4.74 Å². The van der Waals surface area contributed by atoms with Crippen molar-refractivity contribution in [3.63, 3.8) is 0 Å². The van der Waals surface area contributed by atoms with E-state index in [2.05, 4.69) is 13.2 Å². The molecule has 108 valence electrons. The Morgan fingerprint density at radius 1 is 1.15 bits per heavy atom. The molecule has 0 atom stereocenters. The quantitative estimate of drug-likeness (QED) is 0.776. The van der Waals surface area contributed by atoms with E-state index >= 15 is 0 Å². The second-order valence-electron chi connectivity index (χ2n) is 5.85. The lowest BCUT2D eigenvalue weighted by molar-refractivity contribution is 0.0592. The Labute approximate surface area is 121 Å². The average Bonchev–Trinajstić information content (AvgIpc) is 2.26. The van der Waals surface area contributed by atoms with Crippen molar-refractivity contribution in [3.05, 3.63) is 48.7 Å². The molecule has 3 heteroatoms. The number of hydrogen-bond donors (Lipinski definition) is 0. The minimum absolute atomic E-state index is 0.432.